The predicted molar refractivity (Wildman–Crippen MR) is 64.2 cm³/mol. The molecule has 1 aromatic carbocycles. The monoisotopic (exact) mass is 249 g/mol. The fourth-order valence-electron chi connectivity index (χ4n) is 1.66. The van der Waals surface area contributed by atoms with Crippen molar-refractivity contribution in [1.82, 2.24) is 0 Å². The highest BCUT2D eigenvalue weighted by molar-refractivity contribution is 5.88. The number of rotatable bonds is 4. The minimum Gasteiger partial charge on any atom is -0.478 e. The summed E-state index contributed by atoms with van der Waals surface area (Å²) in [6, 6.07) is 7.37. The smallest absolute Gasteiger partial charge is 0.339 e. The minimum absolute atomic E-state index is 0.143. The van der Waals surface area contributed by atoms with Gasteiger partial charge in [-0.3, -0.25) is 0 Å². The number of anilines is 1. The Kier molecular flexibility index (Phi) is 3.32. The second-order valence-electron chi connectivity index (χ2n) is 3.90. The lowest BCUT2D eigenvalue weighted by atomic mass is 10.2. The quantitative estimate of drug-likeness (QED) is 0.905. The van der Waals surface area contributed by atoms with Crippen LogP contribution in [0.2, 0.25) is 0 Å². The summed E-state index contributed by atoms with van der Waals surface area (Å²) in [5.74, 6) is -0.961. The number of hydrogen-bond donors (Lipinski definition) is 1. The van der Waals surface area contributed by atoms with Crippen molar-refractivity contribution in [3.05, 3.63) is 53.7 Å². The van der Waals surface area contributed by atoms with E-state index in [4.69, 9.17) is 9.52 Å². The average Bonchev–Trinajstić information content (AvgIpc) is 2.78. The van der Waals surface area contributed by atoms with Crippen LogP contribution in [-0.2, 0) is 6.54 Å². The summed E-state index contributed by atoms with van der Waals surface area (Å²) in [4.78, 5) is 12.7. The summed E-state index contributed by atoms with van der Waals surface area (Å²) >= 11 is 0. The molecule has 0 atom stereocenters. The summed E-state index contributed by atoms with van der Waals surface area (Å²) in [7, 11) is 1.78. The Hall–Kier alpha value is -2.30. The number of carbonyl (C=O) groups is 1. The fraction of sp³-hybridized carbons (Fsp3) is 0.154. The Morgan fingerprint density at radius 1 is 1.33 bits per heavy atom. The molecular weight excluding hydrogens is 237 g/mol. The van der Waals surface area contributed by atoms with Gasteiger partial charge in [-0.25, -0.2) is 9.18 Å². The molecule has 94 valence electrons. The van der Waals surface area contributed by atoms with Gasteiger partial charge in [-0.15, -0.1) is 0 Å². The zero-order valence-corrected chi connectivity index (χ0v) is 9.76. The van der Waals surface area contributed by atoms with Crippen molar-refractivity contribution < 1.29 is 18.7 Å². The van der Waals surface area contributed by atoms with Gasteiger partial charge in [0.2, 0.25) is 0 Å². The van der Waals surface area contributed by atoms with Crippen LogP contribution in [0.15, 0.2) is 41.0 Å². The van der Waals surface area contributed by atoms with Crippen molar-refractivity contribution >= 4 is 11.7 Å². The van der Waals surface area contributed by atoms with Gasteiger partial charge in [-0.05, 0) is 30.3 Å². The molecular formula is C13H12FNO3. The highest BCUT2D eigenvalue weighted by Gasteiger charge is 2.15. The molecule has 0 aliphatic heterocycles. The molecule has 0 saturated heterocycles. The summed E-state index contributed by atoms with van der Waals surface area (Å²) in [5, 5.41) is 8.95. The van der Waals surface area contributed by atoms with E-state index in [1.807, 2.05) is 0 Å². The number of hydrogen-bond acceptors (Lipinski definition) is 3. The van der Waals surface area contributed by atoms with E-state index in [0.29, 0.717) is 12.3 Å². The topological polar surface area (TPSA) is 53.7 Å². The van der Waals surface area contributed by atoms with Gasteiger partial charge in [0.15, 0.2) is 0 Å². The first-order valence-corrected chi connectivity index (χ1v) is 5.34. The number of carboxylic acid groups (broad SMARTS) is 1. The molecule has 0 saturated carbocycles. The number of benzene rings is 1. The summed E-state index contributed by atoms with van der Waals surface area (Å²) < 4.78 is 17.9. The Balaban J connectivity index is 2.16. The van der Waals surface area contributed by atoms with E-state index in [9.17, 15) is 9.18 Å². The molecule has 1 heterocycles. The fourth-order valence-corrected chi connectivity index (χ4v) is 1.66. The second-order valence-corrected chi connectivity index (χ2v) is 3.90. The number of carboxylic acids is 1. The molecule has 1 aromatic heterocycles. The van der Waals surface area contributed by atoms with Crippen LogP contribution in [0, 0.1) is 5.82 Å². The molecule has 0 spiro atoms. The molecule has 5 heteroatoms. The third-order valence-corrected chi connectivity index (χ3v) is 2.62. The van der Waals surface area contributed by atoms with Gasteiger partial charge in [0.25, 0.3) is 0 Å². The van der Waals surface area contributed by atoms with Crippen molar-refractivity contribution in [2.24, 2.45) is 0 Å². The Labute approximate surface area is 103 Å². The van der Waals surface area contributed by atoms with Crippen LogP contribution in [0.1, 0.15) is 16.1 Å². The van der Waals surface area contributed by atoms with E-state index >= 15 is 0 Å². The molecule has 0 unspecified atom stereocenters. The molecule has 4 nitrogen and oxygen atoms in total. The average molecular weight is 249 g/mol. The van der Waals surface area contributed by atoms with Crippen molar-refractivity contribution in [3.8, 4) is 0 Å². The standard InChI is InChI=1S/C13H12FNO3/c1-15(10-4-2-9(14)3-5-10)8-12-11(13(16)17)6-7-18-12/h2-7H,8H2,1H3,(H,16,17). The lowest BCUT2D eigenvalue weighted by Gasteiger charge is -2.18. The zero-order valence-electron chi connectivity index (χ0n) is 9.76. The number of aromatic carboxylic acids is 1. The second kappa shape index (κ2) is 4.91. The first kappa shape index (κ1) is 12.2. The predicted octanol–water partition coefficient (Wildman–Crippen LogP) is 2.75. The van der Waals surface area contributed by atoms with Gasteiger partial charge in [0.1, 0.15) is 17.1 Å². The van der Waals surface area contributed by atoms with Crippen LogP contribution < -0.4 is 4.90 Å². The molecule has 0 bridgehead atoms. The van der Waals surface area contributed by atoms with Gasteiger partial charge in [0, 0.05) is 12.7 Å². The molecule has 2 aromatic rings. The van der Waals surface area contributed by atoms with E-state index in [-0.39, 0.29) is 11.4 Å². The number of halogens is 1. The van der Waals surface area contributed by atoms with E-state index in [2.05, 4.69) is 0 Å². The third kappa shape index (κ3) is 2.51. The van der Waals surface area contributed by atoms with Crippen molar-refractivity contribution in [1.29, 1.82) is 0 Å². The maximum absolute atomic E-state index is 12.8. The molecule has 1 N–H and O–H groups in total. The molecule has 0 amide bonds. The largest absolute Gasteiger partial charge is 0.478 e. The maximum Gasteiger partial charge on any atom is 0.339 e. The number of furan rings is 1. The van der Waals surface area contributed by atoms with E-state index < -0.39 is 5.97 Å². The lowest BCUT2D eigenvalue weighted by molar-refractivity contribution is 0.0694. The Morgan fingerprint density at radius 2 is 2.00 bits per heavy atom. The van der Waals surface area contributed by atoms with Gasteiger partial charge in [0.05, 0.1) is 12.8 Å². The van der Waals surface area contributed by atoms with Crippen LogP contribution in [0.25, 0.3) is 0 Å². The van der Waals surface area contributed by atoms with E-state index in [0.717, 1.165) is 5.69 Å². The molecule has 0 fully saturated rings. The first-order valence-electron chi connectivity index (χ1n) is 5.34. The first-order chi connectivity index (χ1) is 8.58. The van der Waals surface area contributed by atoms with Gasteiger partial charge >= 0.3 is 5.97 Å². The highest BCUT2D eigenvalue weighted by Crippen LogP contribution is 2.18. The maximum atomic E-state index is 12.8. The minimum atomic E-state index is -1.02. The molecule has 0 aliphatic carbocycles. The Morgan fingerprint density at radius 3 is 2.61 bits per heavy atom. The van der Waals surface area contributed by atoms with Gasteiger partial charge in [-0.2, -0.15) is 0 Å². The van der Waals surface area contributed by atoms with Crippen LogP contribution in [-0.4, -0.2) is 18.1 Å². The van der Waals surface area contributed by atoms with E-state index in [1.165, 1.54) is 24.5 Å². The van der Waals surface area contributed by atoms with Crippen LogP contribution in [0.5, 0.6) is 0 Å². The normalized spacial score (nSPS) is 10.3. The molecule has 0 radical (unpaired) electrons. The molecule has 18 heavy (non-hydrogen) atoms. The zero-order chi connectivity index (χ0) is 13.1. The van der Waals surface area contributed by atoms with Crippen LogP contribution in [0.4, 0.5) is 10.1 Å². The van der Waals surface area contributed by atoms with Crippen molar-refractivity contribution in [2.75, 3.05) is 11.9 Å². The van der Waals surface area contributed by atoms with E-state index in [1.54, 1.807) is 24.1 Å². The van der Waals surface area contributed by atoms with Crippen LogP contribution in [0.3, 0.4) is 0 Å². The summed E-state index contributed by atoms with van der Waals surface area (Å²) in [5.41, 5.74) is 0.924. The van der Waals surface area contributed by atoms with Gasteiger partial charge in [-0.1, -0.05) is 0 Å². The Bertz CT molecular complexity index is 548. The van der Waals surface area contributed by atoms with Crippen molar-refractivity contribution in [2.45, 2.75) is 6.54 Å². The molecule has 2 rings (SSSR count). The summed E-state index contributed by atoms with van der Waals surface area (Å²) in [6.45, 7) is 0.306. The summed E-state index contributed by atoms with van der Waals surface area (Å²) in [6.07, 6.45) is 1.34. The third-order valence-electron chi connectivity index (χ3n) is 2.62. The molecule has 0 aliphatic rings. The van der Waals surface area contributed by atoms with Crippen LogP contribution >= 0.6 is 0 Å². The van der Waals surface area contributed by atoms with Gasteiger partial charge < -0.3 is 14.4 Å². The van der Waals surface area contributed by atoms with Crippen molar-refractivity contribution in [3.63, 3.8) is 0 Å². The highest BCUT2D eigenvalue weighted by atomic mass is 19.1. The lowest BCUT2D eigenvalue weighted by Crippen LogP contribution is -2.17. The number of nitrogens with zero attached hydrogens (tertiary/aromatic N) is 1. The SMILES string of the molecule is CN(Cc1occc1C(=O)O)c1ccc(F)cc1.